The van der Waals surface area contributed by atoms with Gasteiger partial charge in [-0.2, -0.15) is 0 Å². The molecule has 4 rings (SSSR count). The van der Waals surface area contributed by atoms with Crippen LogP contribution >= 0.6 is 0 Å². The monoisotopic (exact) mass is 303 g/mol. The lowest BCUT2D eigenvalue weighted by Crippen LogP contribution is -2.62. The minimum Gasteiger partial charge on any atom is -0.392 e. The summed E-state index contributed by atoms with van der Waals surface area (Å²) in [5, 5.41) is 18.4. The highest BCUT2D eigenvalue weighted by atomic mass is 16.5. The third-order valence-corrected chi connectivity index (χ3v) is 5.30. The number of aromatic nitrogens is 4. The molecule has 0 amide bonds. The van der Waals surface area contributed by atoms with Crippen LogP contribution in [0.4, 0.5) is 5.82 Å². The summed E-state index contributed by atoms with van der Waals surface area (Å²) in [7, 11) is 0. The van der Waals surface area contributed by atoms with Crippen LogP contribution in [0.15, 0.2) is 18.7 Å². The summed E-state index contributed by atoms with van der Waals surface area (Å²) in [6, 6.07) is 0. The van der Waals surface area contributed by atoms with Crippen molar-refractivity contribution >= 4 is 11.5 Å². The van der Waals surface area contributed by atoms with Crippen molar-refractivity contribution in [1.29, 1.82) is 0 Å². The van der Waals surface area contributed by atoms with Gasteiger partial charge in [0.15, 0.2) is 5.82 Å². The Kier molecular flexibility index (Phi) is 3.27. The molecule has 2 aliphatic rings. The first-order valence-electron chi connectivity index (χ1n) is 7.93. The van der Waals surface area contributed by atoms with Crippen molar-refractivity contribution in [3.63, 3.8) is 0 Å². The van der Waals surface area contributed by atoms with Gasteiger partial charge in [-0.05, 0) is 19.8 Å². The van der Waals surface area contributed by atoms with E-state index in [9.17, 15) is 5.11 Å². The Balaban J connectivity index is 1.53. The summed E-state index contributed by atoms with van der Waals surface area (Å²) in [6.07, 6.45) is 7.90. The van der Waals surface area contributed by atoms with E-state index in [1.165, 1.54) is 0 Å². The predicted molar refractivity (Wildman–Crippen MR) is 80.7 cm³/mol. The van der Waals surface area contributed by atoms with E-state index >= 15 is 0 Å². The number of anilines is 1. The molecule has 1 aliphatic heterocycles. The van der Waals surface area contributed by atoms with Crippen molar-refractivity contribution in [2.24, 2.45) is 5.41 Å². The zero-order chi connectivity index (χ0) is 15.2. The van der Waals surface area contributed by atoms with Crippen molar-refractivity contribution in [1.82, 2.24) is 19.6 Å². The van der Waals surface area contributed by atoms with E-state index in [0.717, 1.165) is 43.8 Å². The maximum absolute atomic E-state index is 10.3. The molecule has 0 unspecified atom stereocenters. The van der Waals surface area contributed by atoms with Gasteiger partial charge in [0, 0.05) is 43.9 Å². The van der Waals surface area contributed by atoms with Crippen LogP contribution in [0.3, 0.4) is 0 Å². The van der Waals surface area contributed by atoms with Crippen molar-refractivity contribution in [2.75, 3.05) is 24.6 Å². The van der Waals surface area contributed by atoms with Gasteiger partial charge in [0.1, 0.15) is 6.33 Å². The predicted octanol–water partition coefficient (Wildman–Crippen LogP) is 0.881. The standard InChI is InChI=1S/C15H21N5O2/c1-2-22-12-9-11(21)15(12)3-6-19(7-4-15)13-14-18-17-10-20(14)8-5-16-13/h5,8,10-12,21H,2-4,6-7,9H2,1H3/t11-,12+/m1/s1. The number of aliphatic hydroxyl groups excluding tert-OH is 1. The van der Waals surface area contributed by atoms with Crippen LogP contribution in [-0.2, 0) is 4.74 Å². The molecular formula is C15H21N5O2. The lowest BCUT2D eigenvalue weighted by Gasteiger charge is -2.56. The number of nitrogens with zero attached hydrogens (tertiary/aromatic N) is 5. The van der Waals surface area contributed by atoms with Crippen LogP contribution in [-0.4, -0.2) is 56.6 Å². The summed E-state index contributed by atoms with van der Waals surface area (Å²) in [4.78, 5) is 6.72. The third kappa shape index (κ3) is 1.92. The highest BCUT2D eigenvalue weighted by molar-refractivity contribution is 5.63. The average Bonchev–Trinajstić information content (AvgIpc) is 3.03. The molecule has 0 radical (unpaired) electrons. The highest BCUT2D eigenvalue weighted by Gasteiger charge is 2.56. The molecular weight excluding hydrogens is 282 g/mol. The van der Waals surface area contributed by atoms with Gasteiger partial charge in [0.2, 0.25) is 5.65 Å². The van der Waals surface area contributed by atoms with Crippen LogP contribution in [0.2, 0.25) is 0 Å². The van der Waals surface area contributed by atoms with Gasteiger partial charge in [-0.1, -0.05) is 0 Å². The third-order valence-electron chi connectivity index (χ3n) is 5.30. The lowest BCUT2D eigenvalue weighted by atomic mass is 9.58. The molecule has 0 bridgehead atoms. The fraction of sp³-hybridized carbons (Fsp3) is 0.667. The molecule has 2 fully saturated rings. The second-order valence-electron chi connectivity index (χ2n) is 6.23. The second kappa shape index (κ2) is 5.17. The Hall–Kier alpha value is -1.73. The summed E-state index contributed by atoms with van der Waals surface area (Å²) >= 11 is 0. The Morgan fingerprint density at radius 2 is 2.23 bits per heavy atom. The Labute approximate surface area is 128 Å². The summed E-state index contributed by atoms with van der Waals surface area (Å²) in [5.41, 5.74) is 0.722. The quantitative estimate of drug-likeness (QED) is 0.907. The summed E-state index contributed by atoms with van der Waals surface area (Å²) in [6.45, 7) is 4.45. The number of hydrogen-bond donors (Lipinski definition) is 1. The first-order chi connectivity index (χ1) is 10.7. The van der Waals surface area contributed by atoms with Crippen molar-refractivity contribution < 1.29 is 9.84 Å². The van der Waals surface area contributed by atoms with E-state index in [-0.39, 0.29) is 17.6 Å². The lowest BCUT2D eigenvalue weighted by molar-refractivity contribution is -0.199. The second-order valence-corrected chi connectivity index (χ2v) is 6.23. The van der Waals surface area contributed by atoms with Crippen LogP contribution < -0.4 is 4.90 Å². The number of aliphatic hydroxyl groups is 1. The van der Waals surface area contributed by atoms with Gasteiger partial charge in [0.25, 0.3) is 0 Å². The number of ether oxygens (including phenoxy) is 1. The van der Waals surface area contributed by atoms with Gasteiger partial charge >= 0.3 is 0 Å². The molecule has 7 nitrogen and oxygen atoms in total. The molecule has 1 aliphatic carbocycles. The summed E-state index contributed by atoms with van der Waals surface area (Å²) in [5.74, 6) is 0.872. The van der Waals surface area contributed by atoms with Crippen LogP contribution in [0, 0.1) is 5.41 Å². The molecule has 7 heteroatoms. The number of hydrogen-bond acceptors (Lipinski definition) is 6. The molecule has 2 atom stereocenters. The van der Waals surface area contributed by atoms with Gasteiger partial charge in [-0.25, -0.2) is 4.98 Å². The molecule has 22 heavy (non-hydrogen) atoms. The first kappa shape index (κ1) is 13.9. The van der Waals surface area contributed by atoms with Crippen LogP contribution in [0.25, 0.3) is 5.65 Å². The molecule has 118 valence electrons. The van der Waals surface area contributed by atoms with Crippen LogP contribution in [0.1, 0.15) is 26.2 Å². The van der Waals surface area contributed by atoms with E-state index in [1.807, 2.05) is 17.5 Å². The average molecular weight is 303 g/mol. The molecule has 2 aromatic heterocycles. The van der Waals surface area contributed by atoms with Crippen molar-refractivity contribution in [3.05, 3.63) is 18.7 Å². The maximum atomic E-state index is 10.3. The minimum absolute atomic E-state index is 0.0642. The highest BCUT2D eigenvalue weighted by Crippen LogP contribution is 2.51. The first-order valence-corrected chi connectivity index (χ1v) is 7.93. The molecule has 1 N–H and O–H groups in total. The van der Waals surface area contributed by atoms with E-state index in [2.05, 4.69) is 20.1 Å². The Morgan fingerprint density at radius 3 is 2.95 bits per heavy atom. The SMILES string of the molecule is CCO[C@H]1C[C@@H](O)C12CCN(c1nccn3cnnc13)CC2. The molecule has 1 saturated heterocycles. The summed E-state index contributed by atoms with van der Waals surface area (Å²) < 4.78 is 7.70. The smallest absolute Gasteiger partial charge is 0.203 e. The number of piperidine rings is 1. The number of fused-ring (bicyclic) bond motifs is 1. The fourth-order valence-electron chi connectivity index (χ4n) is 3.92. The fourth-order valence-corrected chi connectivity index (χ4v) is 3.92. The van der Waals surface area contributed by atoms with E-state index in [4.69, 9.17) is 4.74 Å². The van der Waals surface area contributed by atoms with Crippen molar-refractivity contribution in [2.45, 2.75) is 38.4 Å². The largest absolute Gasteiger partial charge is 0.392 e. The topological polar surface area (TPSA) is 75.8 Å². The van der Waals surface area contributed by atoms with Crippen LogP contribution in [0.5, 0.6) is 0 Å². The van der Waals surface area contributed by atoms with E-state index in [1.54, 1.807) is 12.5 Å². The minimum atomic E-state index is -0.233. The van der Waals surface area contributed by atoms with Crippen molar-refractivity contribution in [3.8, 4) is 0 Å². The van der Waals surface area contributed by atoms with Gasteiger partial charge < -0.3 is 14.7 Å². The van der Waals surface area contributed by atoms with E-state index < -0.39 is 0 Å². The molecule has 1 spiro atoms. The normalized spacial score (nSPS) is 27.3. The van der Waals surface area contributed by atoms with Gasteiger partial charge in [-0.15, -0.1) is 10.2 Å². The number of rotatable bonds is 3. The molecule has 2 aromatic rings. The molecule has 3 heterocycles. The molecule has 1 saturated carbocycles. The Bertz CT molecular complexity index is 663. The van der Waals surface area contributed by atoms with Gasteiger partial charge in [-0.3, -0.25) is 4.40 Å². The maximum Gasteiger partial charge on any atom is 0.203 e. The Morgan fingerprint density at radius 1 is 1.41 bits per heavy atom. The van der Waals surface area contributed by atoms with E-state index in [0.29, 0.717) is 6.61 Å². The van der Waals surface area contributed by atoms with Gasteiger partial charge in [0.05, 0.1) is 12.2 Å². The molecule has 0 aromatic carbocycles. The zero-order valence-corrected chi connectivity index (χ0v) is 12.7. The zero-order valence-electron chi connectivity index (χ0n) is 12.7.